The van der Waals surface area contributed by atoms with Gasteiger partial charge in [-0.3, -0.25) is 0 Å². The van der Waals surface area contributed by atoms with Crippen LogP contribution in [0, 0.1) is 0 Å². The first-order valence-corrected chi connectivity index (χ1v) is 8.22. The van der Waals surface area contributed by atoms with Gasteiger partial charge in [0.15, 0.2) is 5.75 Å². The Morgan fingerprint density at radius 2 is 1.67 bits per heavy atom. The lowest BCUT2D eigenvalue weighted by molar-refractivity contribution is 0.175. The molecule has 7 heteroatoms. The van der Waals surface area contributed by atoms with Crippen LogP contribution in [-0.2, 0) is 23.1 Å². The van der Waals surface area contributed by atoms with Crippen molar-refractivity contribution in [1.29, 1.82) is 0 Å². The van der Waals surface area contributed by atoms with E-state index in [9.17, 15) is 13.2 Å². The van der Waals surface area contributed by atoms with Crippen molar-refractivity contribution in [3.8, 4) is 5.75 Å². The molecule has 0 aliphatic rings. The number of rotatable bonds is 7. The molecule has 0 heterocycles. The van der Waals surface area contributed by atoms with Gasteiger partial charge in [0, 0.05) is 7.05 Å². The van der Waals surface area contributed by atoms with E-state index in [1.165, 1.54) is 0 Å². The molecular formula is C14H21NO5S. The number of benzene rings is 1. The minimum atomic E-state index is -4.36. The Kier molecular flexibility index (Phi) is 6.02. The van der Waals surface area contributed by atoms with E-state index in [2.05, 4.69) is 0 Å². The molecule has 0 atom stereocenters. The van der Waals surface area contributed by atoms with Gasteiger partial charge in [0.1, 0.15) is 0 Å². The number of carbonyl (C=O) groups is 1. The highest BCUT2D eigenvalue weighted by molar-refractivity contribution is 7.85. The molecule has 0 fully saturated rings. The van der Waals surface area contributed by atoms with Gasteiger partial charge < -0.3 is 9.29 Å². The van der Waals surface area contributed by atoms with Gasteiger partial charge in [-0.15, -0.1) is 0 Å². The topological polar surface area (TPSA) is 83.9 Å². The van der Waals surface area contributed by atoms with E-state index in [-0.39, 0.29) is 10.1 Å². The number of hydrogen-bond acceptors (Lipinski definition) is 4. The molecular weight excluding hydrogens is 294 g/mol. The SMILES string of the molecule is CCCc1cccc(CCC)c1OS(=O)(=O)N(C)C(=O)O. The molecule has 0 aliphatic carbocycles. The molecule has 0 saturated heterocycles. The van der Waals surface area contributed by atoms with E-state index in [1.807, 2.05) is 19.9 Å². The molecule has 1 aromatic carbocycles. The van der Waals surface area contributed by atoms with Gasteiger partial charge >= 0.3 is 16.4 Å². The van der Waals surface area contributed by atoms with E-state index in [0.29, 0.717) is 12.8 Å². The molecule has 1 N–H and O–H groups in total. The first-order chi connectivity index (χ1) is 9.83. The minimum absolute atomic E-state index is 0.172. The summed E-state index contributed by atoms with van der Waals surface area (Å²) in [5.41, 5.74) is 1.54. The lowest BCUT2D eigenvalue weighted by Gasteiger charge is -2.18. The number of carboxylic acid groups (broad SMARTS) is 1. The lowest BCUT2D eigenvalue weighted by atomic mass is 10.0. The van der Waals surface area contributed by atoms with Crippen LogP contribution in [0.5, 0.6) is 5.75 Å². The second kappa shape index (κ2) is 7.31. The van der Waals surface area contributed by atoms with Gasteiger partial charge in [-0.2, -0.15) is 12.7 Å². The van der Waals surface area contributed by atoms with Gasteiger partial charge in [0.25, 0.3) is 0 Å². The molecule has 0 radical (unpaired) electrons. The van der Waals surface area contributed by atoms with Crippen LogP contribution in [0.15, 0.2) is 18.2 Å². The monoisotopic (exact) mass is 315 g/mol. The maximum absolute atomic E-state index is 12.0. The first kappa shape index (κ1) is 17.3. The molecule has 0 unspecified atom stereocenters. The van der Waals surface area contributed by atoms with E-state index in [4.69, 9.17) is 9.29 Å². The second-order valence-corrected chi connectivity index (χ2v) is 6.27. The predicted octanol–water partition coefficient (Wildman–Crippen LogP) is 2.83. The Bertz CT molecular complexity index is 573. The van der Waals surface area contributed by atoms with Crippen LogP contribution < -0.4 is 4.18 Å². The van der Waals surface area contributed by atoms with Crippen molar-refractivity contribution in [2.75, 3.05) is 7.05 Å². The van der Waals surface area contributed by atoms with Gasteiger partial charge in [0.05, 0.1) is 0 Å². The Morgan fingerprint density at radius 1 is 1.19 bits per heavy atom. The normalized spacial score (nSPS) is 11.2. The zero-order valence-corrected chi connectivity index (χ0v) is 13.3. The highest BCUT2D eigenvalue weighted by atomic mass is 32.2. The third-order valence-electron chi connectivity index (χ3n) is 3.01. The molecule has 0 saturated carbocycles. The van der Waals surface area contributed by atoms with Crippen LogP contribution in [0.1, 0.15) is 37.8 Å². The van der Waals surface area contributed by atoms with Crippen molar-refractivity contribution in [3.63, 3.8) is 0 Å². The van der Waals surface area contributed by atoms with Crippen LogP contribution in [0.4, 0.5) is 4.79 Å². The van der Waals surface area contributed by atoms with Gasteiger partial charge in [-0.05, 0) is 24.0 Å². The highest BCUT2D eigenvalue weighted by Crippen LogP contribution is 2.28. The molecule has 21 heavy (non-hydrogen) atoms. The summed E-state index contributed by atoms with van der Waals surface area (Å²) in [5, 5.41) is 8.81. The standard InChI is InChI=1S/C14H21NO5S/c1-4-7-11-9-6-10-12(8-5-2)13(11)20-21(18,19)15(3)14(16)17/h6,9-10H,4-5,7-8H2,1-3H3,(H,16,17). The van der Waals surface area contributed by atoms with E-state index in [1.54, 1.807) is 12.1 Å². The summed E-state index contributed by atoms with van der Waals surface area (Å²) < 4.78 is 29.2. The van der Waals surface area contributed by atoms with E-state index >= 15 is 0 Å². The van der Waals surface area contributed by atoms with Crippen LogP contribution in [0.3, 0.4) is 0 Å². The maximum atomic E-state index is 12.0. The van der Waals surface area contributed by atoms with E-state index < -0.39 is 16.4 Å². The largest absolute Gasteiger partial charge is 0.464 e. The Labute approximate surface area is 125 Å². The number of amides is 1. The smallest absolute Gasteiger partial charge is 0.423 e. The van der Waals surface area contributed by atoms with Gasteiger partial charge in [-0.1, -0.05) is 44.9 Å². The van der Waals surface area contributed by atoms with Crippen LogP contribution in [0.2, 0.25) is 0 Å². The van der Waals surface area contributed by atoms with Gasteiger partial charge in [-0.25, -0.2) is 4.79 Å². The van der Waals surface area contributed by atoms with Crippen molar-refractivity contribution in [1.82, 2.24) is 4.31 Å². The molecule has 0 aliphatic heterocycles. The van der Waals surface area contributed by atoms with Crippen molar-refractivity contribution in [3.05, 3.63) is 29.3 Å². The number of nitrogens with zero attached hydrogens (tertiary/aromatic N) is 1. The first-order valence-electron chi connectivity index (χ1n) is 6.85. The fourth-order valence-electron chi connectivity index (χ4n) is 1.93. The average Bonchev–Trinajstić information content (AvgIpc) is 2.41. The number of hydrogen-bond donors (Lipinski definition) is 1. The molecule has 0 spiro atoms. The third-order valence-corrected chi connectivity index (χ3v) is 4.21. The molecule has 0 aromatic heterocycles. The van der Waals surface area contributed by atoms with Crippen LogP contribution >= 0.6 is 0 Å². The highest BCUT2D eigenvalue weighted by Gasteiger charge is 2.27. The van der Waals surface area contributed by atoms with Crippen molar-refractivity contribution < 1.29 is 22.5 Å². The summed E-state index contributed by atoms with van der Waals surface area (Å²) in [5.74, 6) is 0.259. The Balaban J connectivity index is 3.24. The molecule has 6 nitrogen and oxygen atoms in total. The summed E-state index contributed by atoms with van der Waals surface area (Å²) in [4.78, 5) is 10.8. The summed E-state index contributed by atoms with van der Waals surface area (Å²) in [6.07, 6.45) is 1.42. The number of aryl methyl sites for hydroxylation is 2. The van der Waals surface area contributed by atoms with Crippen molar-refractivity contribution in [2.24, 2.45) is 0 Å². The Morgan fingerprint density at radius 3 is 2.05 bits per heavy atom. The zero-order chi connectivity index (χ0) is 16.0. The summed E-state index contributed by atoms with van der Waals surface area (Å²) in [6.45, 7) is 3.96. The quantitative estimate of drug-likeness (QED) is 0.836. The molecule has 1 amide bonds. The average molecular weight is 315 g/mol. The van der Waals surface area contributed by atoms with E-state index in [0.717, 1.165) is 31.0 Å². The zero-order valence-electron chi connectivity index (χ0n) is 12.5. The second-order valence-electron chi connectivity index (χ2n) is 4.70. The fraction of sp³-hybridized carbons (Fsp3) is 0.500. The van der Waals surface area contributed by atoms with Crippen LogP contribution in [0.25, 0.3) is 0 Å². The van der Waals surface area contributed by atoms with Crippen molar-refractivity contribution in [2.45, 2.75) is 39.5 Å². The Hall–Kier alpha value is -1.76. The summed E-state index contributed by atoms with van der Waals surface area (Å²) in [7, 11) is -3.42. The number of para-hydroxylation sites is 1. The van der Waals surface area contributed by atoms with Crippen molar-refractivity contribution >= 4 is 16.4 Å². The lowest BCUT2D eigenvalue weighted by Crippen LogP contribution is -2.35. The fourth-order valence-corrected chi connectivity index (χ4v) is 2.66. The molecule has 118 valence electrons. The maximum Gasteiger partial charge on any atom is 0.423 e. The molecule has 1 rings (SSSR count). The third kappa shape index (κ3) is 4.35. The molecule has 1 aromatic rings. The van der Waals surface area contributed by atoms with Gasteiger partial charge in [0.2, 0.25) is 0 Å². The minimum Gasteiger partial charge on any atom is -0.464 e. The molecule has 0 bridgehead atoms. The predicted molar refractivity (Wildman–Crippen MR) is 79.8 cm³/mol. The summed E-state index contributed by atoms with van der Waals surface area (Å²) >= 11 is 0. The van der Waals surface area contributed by atoms with Crippen LogP contribution in [-0.4, -0.2) is 31.0 Å². The summed E-state index contributed by atoms with van der Waals surface area (Å²) in [6, 6.07) is 5.46.